The zero-order chi connectivity index (χ0) is 20.1. The standard InChI is InChI=1S/C20H16BrNO5S/c1-26-18(23)12-27-15-8-6-13(7-9-15)10-17-19(24)22(20(25)28-17)11-14-4-2-3-5-16(14)21/h2-10H,11-12H2,1H3/b17-10-. The highest BCUT2D eigenvalue weighted by Gasteiger charge is 2.35. The molecule has 144 valence electrons. The fourth-order valence-corrected chi connectivity index (χ4v) is 3.69. The van der Waals surface area contributed by atoms with E-state index in [0.717, 1.165) is 27.4 Å². The van der Waals surface area contributed by atoms with Gasteiger partial charge in [0.1, 0.15) is 5.75 Å². The van der Waals surface area contributed by atoms with Gasteiger partial charge in [-0.3, -0.25) is 14.5 Å². The lowest BCUT2D eigenvalue weighted by Gasteiger charge is -2.13. The number of carbonyl (C=O) groups excluding carboxylic acids is 3. The van der Waals surface area contributed by atoms with E-state index in [1.54, 1.807) is 30.3 Å². The van der Waals surface area contributed by atoms with Gasteiger partial charge in [-0.1, -0.05) is 46.3 Å². The fraction of sp³-hybridized carbons (Fsp3) is 0.150. The molecule has 0 unspecified atom stereocenters. The molecule has 0 aromatic heterocycles. The van der Waals surface area contributed by atoms with Gasteiger partial charge in [0.25, 0.3) is 11.1 Å². The molecule has 1 heterocycles. The van der Waals surface area contributed by atoms with Crippen molar-refractivity contribution in [3.63, 3.8) is 0 Å². The molecule has 8 heteroatoms. The van der Waals surface area contributed by atoms with Crippen molar-refractivity contribution in [3.05, 3.63) is 69.0 Å². The molecule has 1 fully saturated rings. The van der Waals surface area contributed by atoms with Crippen molar-refractivity contribution in [2.75, 3.05) is 13.7 Å². The van der Waals surface area contributed by atoms with Gasteiger partial charge in [-0.25, -0.2) is 4.79 Å². The van der Waals surface area contributed by atoms with E-state index in [4.69, 9.17) is 4.74 Å². The summed E-state index contributed by atoms with van der Waals surface area (Å²) in [5.74, 6) is -0.288. The van der Waals surface area contributed by atoms with Gasteiger partial charge in [-0.2, -0.15) is 0 Å². The molecule has 0 bridgehead atoms. The van der Waals surface area contributed by atoms with Gasteiger partial charge in [0, 0.05) is 4.47 Å². The third-order valence-corrected chi connectivity index (χ3v) is 5.60. The topological polar surface area (TPSA) is 72.9 Å². The highest BCUT2D eigenvalue weighted by Crippen LogP contribution is 2.34. The lowest BCUT2D eigenvalue weighted by molar-refractivity contribution is -0.142. The number of esters is 1. The van der Waals surface area contributed by atoms with Crippen LogP contribution in [0.5, 0.6) is 5.75 Å². The zero-order valence-corrected chi connectivity index (χ0v) is 17.3. The quantitative estimate of drug-likeness (QED) is 0.473. The molecule has 28 heavy (non-hydrogen) atoms. The Balaban J connectivity index is 1.69. The van der Waals surface area contributed by atoms with Gasteiger partial charge < -0.3 is 9.47 Å². The van der Waals surface area contributed by atoms with Crippen LogP contribution in [0, 0.1) is 0 Å². The molecule has 1 saturated heterocycles. The van der Waals surface area contributed by atoms with E-state index in [0.29, 0.717) is 10.7 Å². The largest absolute Gasteiger partial charge is 0.482 e. The summed E-state index contributed by atoms with van der Waals surface area (Å²) >= 11 is 4.35. The molecule has 0 radical (unpaired) electrons. The van der Waals surface area contributed by atoms with E-state index in [1.807, 2.05) is 24.3 Å². The Labute approximate surface area is 174 Å². The summed E-state index contributed by atoms with van der Waals surface area (Å²) in [5.41, 5.74) is 1.61. The van der Waals surface area contributed by atoms with Crippen molar-refractivity contribution in [1.82, 2.24) is 4.90 Å². The summed E-state index contributed by atoms with van der Waals surface area (Å²) in [6.45, 7) is 0.0352. The Morgan fingerprint density at radius 2 is 1.86 bits per heavy atom. The minimum absolute atomic E-state index is 0.177. The molecular weight excluding hydrogens is 446 g/mol. The molecule has 0 aliphatic carbocycles. The number of amides is 2. The number of imide groups is 1. The van der Waals surface area contributed by atoms with Crippen molar-refractivity contribution >= 4 is 50.9 Å². The van der Waals surface area contributed by atoms with Gasteiger partial charge in [0.05, 0.1) is 18.6 Å². The number of benzene rings is 2. The van der Waals surface area contributed by atoms with Gasteiger partial charge >= 0.3 is 5.97 Å². The number of hydrogen-bond acceptors (Lipinski definition) is 6. The van der Waals surface area contributed by atoms with Crippen LogP contribution in [0.4, 0.5) is 4.79 Å². The van der Waals surface area contributed by atoms with Crippen molar-refractivity contribution in [3.8, 4) is 5.75 Å². The van der Waals surface area contributed by atoms with Crippen molar-refractivity contribution in [2.45, 2.75) is 6.54 Å². The molecule has 6 nitrogen and oxygen atoms in total. The summed E-state index contributed by atoms with van der Waals surface area (Å²) in [6, 6.07) is 14.3. The Hall–Kier alpha value is -2.58. The fourth-order valence-electron chi connectivity index (χ4n) is 2.45. The average molecular weight is 462 g/mol. The first-order valence-electron chi connectivity index (χ1n) is 8.26. The van der Waals surface area contributed by atoms with Crippen molar-refractivity contribution < 1.29 is 23.9 Å². The molecule has 2 amide bonds. The van der Waals surface area contributed by atoms with Crippen LogP contribution in [0.3, 0.4) is 0 Å². The maximum absolute atomic E-state index is 12.6. The second kappa shape index (κ2) is 9.07. The molecule has 0 saturated carbocycles. The summed E-state index contributed by atoms with van der Waals surface area (Å²) in [4.78, 5) is 37.6. The molecule has 2 aromatic carbocycles. The lowest BCUT2D eigenvalue weighted by Crippen LogP contribution is -2.27. The second-order valence-corrected chi connectivity index (χ2v) is 7.64. The van der Waals surface area contributed by atoms with E-state index < -0.39 is 5.97 Å². The minimum Gasteiger partial charge on any atom is -0.482 e. The van der Waals surface area contributed by atoms with Gasteiger partial charge in [-0.05, 0) is 47.2 Å². The Kier molecular flexibility index (Phi) is 6.53. The van der Waals surface area contributed by atoms with Crippen molar-refractivity contribution in [1.29, 1.82) is 0 Å². The summed E-state index contributed by atoms with van der Waals surface area (Å²) in [5, 5.41) is -0.301. The second-order valence-electron chi connectivity index (χ2n) is 5.79. The van der Waals surface area contributed by atoms with Crippen LogP contribution in [-0.4, -0.2) is 35.7 Å². The highest BCUT2D eigenvalue weighted by atomic mass is 79.9. The van der Waals surface area contributed by atoms with Gasteiger partial charge in [-0.15, -0.1) is 0 Å². The monoisotopic (exact) mass is 461 g/mol. The van der Waals surface area contributed by atoms with Crippen LogP contribution in [0.15, 0.2) is 57.9 Å². The normalized spacial score (nSPS) is 15.2. The Bertz CT molecular complexity index is 942. The summed E-state index contributed by atoms with van der Waals surface area (Å²) in [7, 11) is 1.29. The number of nitrogens with zero attached hydrogens (tertiary/aromatic N) is 1. The van der Waals surface area contributed by atoms with E-state index in [-0.39, 0.29) is 24.3 Å². The van der Waals surface area contributed by atoms with E-state index in [1.165, 1.54) is 12.0 Å². The SMILES string of the molecule is COC(=O)COc1ccc(/C=C2\SC(=O)N(Cc3ccccc3Br)C2=O)cc1. The van der Waals surface area contributed by atoms with Crippen LogP contribution < -0.4 is 4.74 Å². The molecule has 3 rings (SSSR count). The predicted octanol–water partition coefficient (Wildman–Crippen LogP) is 4.24. The van der Waals surface area contributed by atoms with Crippen LogP contribution in [0.1, 0.15) is 11.1 Å². The van der Waals surface area contributed by atoms with E-state index in [2.05, 4.69) is 20.7 Å². The molecule has 2 aromatic rings. The molecule has 0 spiro atoms. The maximum atomic E-state index is 12.6. The number of hydrogen-bond donors (Lipinski definition) is 0. The number of halogens is 1. The van der Waals surface area contributed by atoms with Crippen LogP contribution in [0.2, 0.25) is 0 Å². The Morgan fingerprint density at radius 3 is 2.54 bits per heavy atom. The van der Waals surface area contributed by atoms with Gasteiger partial charge in [0.15, 0.2) is 6.61 Å². The predicted molar refractivity (Wildman–Crippen MR) is 110 cm³/mol. The molecule has 0 N–H and O–H groups in total. The number of ether oxygens (including phenoxy) is 2. The smallest absolute Gasteiger partial charge is 0.343 e. The summed E-state index contributed by atoms with van der Waals surface area (Å²) in [6.07, 6.45) is 1.66. The van der Waals surface area contributed by atoms with Crippen molar-refractivity contribution in [2.24, 2.45) is 0 Å². The zero-order valence-electron chi connectivity index (χ0n) is 14.9. The van der Waals surface area contributed by atoms with E-state index in [9.17, 15) is 14.4 Å². The first-order chi connectivity index (χ1) is 13.5. The lowest BCUT2D eigenvalue weighted by atomic mass is 10.2. The average Bonchev–Trinajstić information content (AvgIpc) is 2.96. The van der Waals surface area contributed by atoms with E-state index >= 15 is 0 Å². The van der Waals surface area contributed by atoms with Crippen LogP contribution in [-0.2, 0) is 20.9 Å². The first-order valence-corrected chi connectivity index (χ1v) is 9.87. The number of rotatable bonds is 6. The summed E-state index contributed by atoms with van der Waals surface area (Å²) < 4.78 is 10.6. The van der Waals surface area contributed by atoms with Crippen LogP contribution >= 0.6 is 27.7 Å². The van der Waals surface area contributed by atoms with Crippen LogP contribution in [0.25, 0.3) is 6.08 Å². The minimum atomic E-state index is -0.470. The number of methoxy groups -OCH3 is 1. The third-order valence-electron chi connectivity index (χ3n) is 3.92. The number of carbonyl (C=O) groups is 3. The molecule has 1 aliphatic heterocycles. The van der Waals surface area contributed by atoms with Gasteiger partial charge in [0.2, 0.25) is 0 Å². The number of thioether (sulfide) groups is 1. The third kappa shape index (κ3) is 4.82. The highest BCUT2D eigenvalue weighted by molar-refractivity contribution is 9.10. The maximum Gasteiger partial charge on any atom is 0.343 e. The first kappa shape index (κ1) is 20.2. The molecule has 0 atom stereocenters. The molecular formula is C20H16BrNO5S. The molecule has 1 aliphatic rings. The Morgan fingerprint density at radius 1 is 1.14 bits per heavy atom.